The van der Waals surface area contributed by atoms with E-state index in [0.717, 1.165) is 5.56 Å². The summed E-state index contributed by atoms with van der Waals surface area (Å²) in [4.78, 5) is 25.7. The molecule has 3 aromatic rings. The van der Waals surface area contributed by atoms with Crippen molar-refractivity contribution in [3.63, 3.8) is 0 Å². The molecule has 0 aromatic heterocycles. The van der Waals surface area contributed by atoms with E-state index in [1.807, 2.05) is 60.7 Å². The molecule has 0 radical (unpaired) electrons. The summed E-state index contributed by atoms with van der Waals surface area (Å²) in [5.74, 6) is 0.325. The van der Waals surface area contributed by atoms with Gasteiger partial charge in [0, 0.05) is 23.4 Å². The zero-order valence-electron chi connectivity index (χ0n) is 15.7. The molecule has 0 aliphatic carbocycles. The molecule has 3 aromatic carbocycles. The standard InChI is InChI=1S/C23H18N2O4/c1-16-21(17-8-4-2-5-9-17)22(26)24(19-10-6-3-7-11-19)23(29-16)18-12-14-20(15-13-18)25(27)28/h2-15,23H,1H3. The van der Waals surface area contributed by atoms with Gasteiger partial charge < -0.3 is 4.74 Å². The molecule has 0 spiro atoms. The van der Waals surface area contributed by atoms with E-state index < -0.39 is 11.2 Å². The van der Waals surface area contributed by atoms with Crippen molar-refractivity contribution >= 4 is 22.9 Å². The third-order valence-corrected chi connectivity index (χ3v) is 4.79. The van der Waals surface area contributed by atoms with Gasteiger partial charge in [0.15, 0.2) is 0 Å². The van der Waals surface area contributed by atoms with Crippen molar-refractivity contribution in [2.45, 2.75) is 13.2 Å². The summed E-state index contributed by atoms with van der Waals surface area (Å²) in [6.07, 6.45) is -0.724. The molecule has 4 rings (SSSR count). The third kappa shape index (κ3) is 3.48. The predicted octanol–water partition coefficient (Wildman–Crippen LogP) is 5.09. The lowest BCUT2D eigenvalue weighted by atomic mass is 10.00. The Morgan fingerprint density at radius 3 is 2.07 bits per heavy atom. The molecule has 0 bridgehead atoms. The van der Waals surface area contributed by atoms with E-state index >= 15 is 0 Å². The fraction of sp³-hybridized carbons (Fsp3) is 0.0870. The van der Waals surface area contributed by atoms with E-state index in [2.05, 4.69) is 0 Å². The SMILES string of the molecule is CC1=C(c2ccccc2)C(=O)N(c2ccccc2)C(c2ccc([N+](=O)[O-])cc2)O1. The molecule has 6 heteroatoms. The second-order valence-corrected chi connectivity index (χ2v) is 6.63. The van der Waals surface area contributed by atoms with E-state index in [1.165, 1.54) is 12.1 Å². The smallest absolute Gasteiger partial charge is 0.269 e. The first kappa shape index (κ1) is 18.4. The number of amides is 1. The Balaban J connectivity index is 1.82. The van der Waals surface area contributed by atoms with E-state index in [-0.39, 0.29) is 11.6 Å². The Labute approximate surface area is 167 Å². The zero-order valence-corrected chi connectivity index (χ0v) is 15.7. The van der Waals surface area contributed by atoms with Crippen LogP contribution in [0.3, 0.4) is 0 Å². The van der Waals surface area contributed by atoms with Crippen molar-refractivity contribution in [1.29, 1.82) is 0 Å². The number of hydrogen-bond acceptors (Lipinski definition) is 4. The number of non-ortho nitro benzene ring substituents is 1. The van der Waals surface area contributed by atoms with Crippen LogP contribution < -0.4 is 4.90 Å². The number of anilines is 1. The zero-order chi connectivity index (χ0) is 20.4. The molecule has 1 unspecified atom stereocenters. The van der Waals surface area contributed by atoms with Crippen molar-refractivity contribution in [3.8, 4) is 0 Å². The fourth-order valence-electron chi connectivity index (χ4n) is 3.41. The highest BCUT2D eigenvalue weighted by Gasteiger charge is 2.37. The van der Waals surface area contributed by atoms with Crippen LogP contribution >= 0.6 is 0 Å². The Morgan fingerprint density at radius 1 is 0.897 bits per heavy atom. The lowest BCUT2D eigenvalue weighted by Crippen LogP contribution is -2.40. The van der Waals surface area contributed by atoms with Gasteiger partial charge in [-0.1, -0.05) is 48.5 Å². The molecular weight excluding hydrogens is 368 g/mol. The monoisotopic (exact) mass is 386 g/mol. The van der Waals surface area contributed by atoms with Gasteiger partial charge in [0.1, 0.15) is 5.76 Å². The summed E-state index contributed by atoms with van der Waals surface area (Å²) in [5.41, 5.74) is 2.59. The lowest BCUT2D eigenvalue weighted by Gasteiger charge is -2.37. The molecule has 0 fully saturated rings. The van der Waals surface area contributed by atoms with Crippen LogP contribution in [-0.4, -0.2) is 10.8 Å². The van der Waals surface area contributed by atoms with Crippen LogP contribution in [0.25, 0.3) is 5.57 Å². The molecule has 1 heterocycles. The topological polar surface area (TPSA) is 72.7 Å². The number of para-hydroxylation sites is 1. The van der Waals surface area contributed by atoms with Crippen molar-refractivity contribution in [2.24, 2.45) is 0 Å². The van der Waals surface area contributed by atoms with Crippen molar-refractivity contribution < 1.29 is 14.5 Å². The Bertz CT molecular complexity index is 1080. The van der Waals surface area contributed by atoms with Crippen molar-refractivity contribution in [1.82, 2.24) is 0 Å². The summed E-state index contributed by atoms with van der Waals surface area (Å²) in [6, 6.07) is 24.7. The largest absolute Gasteiger partial charge is 0.470 e. The van der Waals surface area contributed by atoms with Crippen molar-refractivity contribution in [2.75, 3.05) is 4.90 Å². The molecule has 6 nitrogen and oxygen atoms in total. The van der Waals surface area contributed by atoms with Gasteiger partial charge in [0.2, 0.25) is 6.23 Å². The second-order valence-electron chi connectivity index (χ2n) is 6.63. The summed E-state index contributed by atoms with van der Waals surface area (Å²) >= 11 is 0. The molecule has 0 N–H and O–H groups in total. The predicted molar refractivity (Wildman–Crippen MR) is 110 cm³/mol. The van der Waals surface area contributed by atoms with Crippen LogP contribution in [0.15, 0.2) is 90.7 Å². The van der Waals surface area contributed by atoms with Crippen LogP contribution in [0.5, 0.6) is 0 Å². The van der Waals surface area contributed by atoms with Gasteiger partial charge in [-0.15, -0.1) is 0 Å². The number of benzene rings is 3. The van der Waals surface area contributed by atoms with Crippen LogP contribution in [-0.2, 0) is 9.53 Å². The van der Waals surface area contributed by atoms with Crippen LogP contribution in [0.2, 0.25) is 0 Å². The summed E-state index contributed by atoms with van der Waals surface area (Å²) in [5, 5.41) is 11.0. The number of rotatable bonds is 4. The lowest BCUT2D eigenvalue weighted by molar-refractivity contribution is -0.384. The Kier molecular flexibility index (Phi) is 4.83. The fourth-order valence-corrected chi connectivity index (χ4v) is 3.41. The summed E-state index contributed by atoms with van der Waals surface area (Å²) in [7, 11) is 0. The van der Waals surface area contributed by atoms with Gasteiger partial charge >= 0.3 is 0 Å². The molecule has 29 heavy (non-hydrogen) atoms. The minimum Gasteiger partial charge on any atom is -0.470 e. The van der Waals surface area contributed by atoms with E-state index in [1.54, 1.807) is 24.0 Å². The average molecular weight is 386 g/mol. The van der Waals surface area contributed by atoms with Gasteiger partial charge in [0.25, 0.3) is 11.6 Å². The van der Waals surface area contributed by atoms with E-state index in [4.69, 9.17) is 4.74 Å². The number of nitrogens with zero attached hydrogens (tertiary/aromatic N) is 2. The molecular formula is C23H18N2O4. The number of hydrogen-bond donors (Lipinski definition) is 0. The first-order chi connectivity index (χ1) is 14.1. The highest BCUT2D eigenvalue weighted by atomic mass is 16.6. The molecule has 1 aliphatic heterocycles. The van der Waals surface area contributed by atoms with E-state index in [9.17, 15) is 14.9 Å². The average Bonchev–Trinajstić information content (AvgIpc) is 2.75. The minimum atomic E-state index is -0.724. The van der Waals surface area contributed by atoms with Crippen LogP contribution in [0.4, 0.5) is 11.4 Å². The maximum absolute atomic E-state index is 13.6. The van der Waals surface area contributed by atoms with Gasteiger partial charge in [-0.2, -0.15) is 0 Å². The number of carbonyl (C=O) groups excluding carboxylic acids is 1. The van der Waals surface area contributed by atoms with Gasteiger partial charge in [-0.25, -0.2) is 0 Å². The second kappa shape index (κ2) is 7.59. The highest BCUT2D eigenvalue weighted by molar-refractivity contribution is 6.27. The summed E-state index contributed by atoms with van der Waals surface area (Å²) in [6.45, 7) is 1.76. The molecule has 0 saturated heterocycles. The maximum atomic E-state index is 13.6. The van der Waals surface area contributed by atoms with E-state index in [0.29, 0.717) is 22.6 Å². The minimum absolute atomic E-state index is 0.0145. The Hall–Kier alpha value is -3.93. The number of nitro groups is 1. The first-order valence-electron chi connectivity index (χ1n) is 9.12. The maximum Gasteiger partial charge on any atom is 0.269 e. The molecule has 0 saturated carbocycles. The van der Waals surface area contributed by atoms with Gasteiger partial charge in [0.05, 0.1) is 10.5 Å². The number of nitro benzene ring substituents is 1. The number of allylic oxidation sites excluding steroid dienone is 1. The number of carbonyl (C=O) groups is 1. The van der Waals surface area contributed by atoms with Crippen LogP contribution in [0.1, 0.15) is 24.3 Å². The highest BCUT2D eigenvalue weighted by Crippen LogP contribution is 2.39. The third-order valence-electron chi connectivity index (χ3n) is 4.79. The molecule has 1 atom stereocenters. The molecule has 1 amide bonds. The normalized spacial score (nSPS) is 16.5. The van der Waals surface area contributed by atoms with Gasteiger partial charge in [-0.05, 0) is 36.8 Å². The molecule has 144 valence electrons. The van der Waals surface area contributed by atoms with Gasteiger partial charge in [-0.3, -0.25) is 19.8 Å². The Morgan fingerprint density at radius 2 is 1.48 bits per heavy atom. The quantitative estimate of drug-likeness (QED) is 0.463. The first-order valence-corrected chi connectivity index (χ1v) is 9.12. The molecule has 1 aliphatic rings. The number of ether oxygens (including phenoxy) is 1. The summed E-state index contributed by atoms with van der Waals surface area (Å²) < 4.78 is 6.19. The van der Waals surface area contributed by atoms with Crippen LogP contribution in [0, 0.1) is 10.1 Å². The van der Waals surface area contributed by atoms with Crippen molar-refractivity contribution in [3.05, 3.63) is 112 Å².